The van der Waals surface area contributed by atoms with E-state index in [1.54, 1.807) is 0 Å². The molecule has 0 saturated carbocycles. The normalized spacial score (nSPS) is 22.5. The van der Waals surface area contributed by atoms with Crippen molar-refractivity contribution in [2.24, 2.45) is 0 Å². The van der Waals surface area contributed by atoms with Crippen LogP contribution in [0, 0.1) is 0 Å². The average molecular weight is 305 g/mol. The van der Waals surface area contributed by atoms with E-state index in [-0.39, 0.29) is 10.7 Å². The van der Waals surface area contributed by atoms with Crippen LogP contribution in [0.3, 0.4) is 0 Å². The van der Waals surface area contributed by atoms with E-state index in [2.05, 4.69) is 41.6 Å². The summed E-state index contributed by atoms with van der Waals surface area (Å²) in [6.07, 6.45) is 3.25. The van der Waals surface area contributed by atoms with Gasteiger partial charge in [-0.1, -0.05) is 29.8 Å². The molecule has 0 aromatic carbocycles. The topological polar surface area (TPSA) is 23.6 Å². The van der Waals surface area contributed by atoms with Gasteiger partial charge >= 0.3 is 0 Å². The molecular formula is C13H25BrN2O. The van der Waals surface area contributed by atoms with Crippen molar-refractivity contribution in [3.63, 3.8) is 0 Å². The minimum atomic E-state index is 0.0627. The molecule has 1 rings (SSSR count). The highest BCUT2D eigenvalue weighted by molar-refractivity contribution is 9.10. The maximum absolute atomic E-state index is 11.8. The van der Waals surface area contributed by atoms with Crippen LogP contribution in [-0.4, -0.2) is 52.8 Å². The second kappa shape index (κ2) is 7.37. The predicted molar refractivity (Wildman–Crippen MR) is 75.5 cm³/mol. The molecule has 1 amide bonds. The lowest BCUT2D eigenvalue weighted by Crippen LogP contribution is -2.36. The number of rotatable bonds is 7. The predicted octanol–water partition coefficient (Wildman–Crippen LogP) is 2.49. The van der Waals surface area contributed by atoms with Crippen LogP contribution >= 0.6 is 15.9 Å². The monoisotopic (exact) mass is 304 g/mol. The Morgan fingerprint density at radius 3 is 2.59 bits per heavy atom. The fraction of sp³-hybridized carbons (Fsp3) is 0.923. The second-order valence-electron chi connectivity index (χ2n) is 4.81. The lowest BCUT2D eigenvalue weighted by Gasteiger charge is -2.25. The summed E-state index contributed by atoms with van der Waals surface area (Å²) in [6, 6.07) is 0.389. The van der Waals surface area contributed by atoms with Crippen molar-refractivity contribution in [3.8, 4) is 0 Å². The van der Waals surface area contributed by atoms with Gasteiger partial charge in [0.15, 0.2) is 0 Å². The number of nitrogens with zero attached hydrogens (tertiary/aromatic N) is 2. The van der Waals surface area contributed by atoms with Gasteiger partial charge in [-0.25, -0.2) is 0 Å². The van der Waals surface area contributed by atoms with E-state index < -0.39 is 0 Å². The highest BCUT2D eigenvalue weighted by atomic mass is 79.9. The van der Waals surface area contributed by atoms with Crippen molar-refractivity contribution in [2.75, 3.05) is 26.2 Å². The van der Waals surface area contributed by atoms with Gasteiger partial charge in [-0.15, -0.1) is 0 Å². The van der Waals surface area contributed by atoms with Crippen LogP contribution in [0.1, 0.15) is 40.0 Å². The van der Waals surface area contributed by atoms with Crippen molar-refractivity contribution in [3.05, 3.63) is 0 Å². The molecule has 0 radical (unpaired) electrons. The quantitative estimate of drug-likeness (QED) is 0.675. The maximum Gasteiger partial charge on any atom is 0.236 e. The summed E-state index contributed by atoms with van der Waals surface area (Å²) >= 11 is 3.43. The molecule has 1 aliphatic rings. The number of halogens is 1. The van der Waals surface area contributed by atoms with Gasteiger partial charge in [-0.3, -0.25) is 4.79 Å². The van der Waals surface area contributed by atoms with E-state index in [1.807, 2.05) is 4.90 Å². The third-order valence-electron chi connectivity index (χ3n) is 3.70. The smallest absolute Gasteiger partial charge is 0.236 e. The van der Waals surface area contributed by atoms with Crippen LogP contribution in [-0.2, 0) is 4.79 Å². The standard InChI is InChI=1S/C13H25BrN2O/c1-4-15(5-2)9-6-7-11(3)16-10-8-12(14)13(16)17/h11-12H,4-10H2,1-3H3. The van der Waals surface area contributed by atoms with Crippen LogP contribution in [0.15, 0.2) is 0 Å². The molecule has 1 saturated heterocycles. The Morgan fingerprint density at radius 1 is 1.47 bits per heavy atom. The minimum absolute atomic E-state index is 0.0627. The van der Waals surface area contributed by atoms with Crippen molar-refractivity contribution in [1.82, 2.24) is 9.80 Å². The Hall–Kier alpha value is -0.0900. The fourth-order valence-corrected chi connectivity index (χ4v) is 2.88. The lowest BCUT2D eigenvalue weighted by atomic mass is 10.1. The number of likely N-dealkylation sites (tertiary alicyclic amines) is 1. The summed E-state index contributed by atoms with van der Waals surface area (Å²) in [4.78, 5) is 16.4. The van der Waals surface area contributed by atoms with Crippen LogP contribution in [0.4, 0.5) is 0 Å². The molecule has 17 heavy (non-hydrogen) atoms. The number of amides is 1. The van der Waals surface area contributed by atoms with Gasteiger partial charge in [0.05, 0.1) is 4.83 Å². The van der Waals surface area contributed by atoms with Gasteiger partial charge in [0.25, 0.3) is 0 Å². The van der Waals surface area contributed by atoms with Gasteiger partial charge in [-0.2, -0.15) is 0 Å². The molecule has 0 spiro atoms. The highest BCUT2D eigenvalue weighted by Gasteiger charge is 2.32. The van der Waals surface area contributed by atoms with E-state index in [4.69, 9.17) is 0 Å². The van der Waals surface area contributed by atoms with Gasteiger partial charge in [0.1, 0.15) is 0 Å². The highest BCUT2D eigenvalue weighted by Crippen LogP contribution is 2.22. The first-order chi connectivity index (χ1) is 8.10. The van der Waals surface area contributed by atoms with E-state index >= 15 is 0 Å². The van der Waals surface area contributed by atoms with E-state index in [0.717, 1.165) is 39.0 Å². The molecular weight excluding hydrogens is 280 g/mol. The van der Waals surface area contributed by atoms with Gasteiger partial charge < -0.3 is 9.80 Å². The number of alkyl halides is 1. The van der Waals surface area contributed by atoms with Crippen LogP contribution in [0.25, 0.3) is 0 Å². The first-order valence-corrected chi connectivity index (χ1v) is 7.68. The molecule has 1 fully saturated rings. The summed E-state index contributed by atoms with van der Waals surface area (Å²) in [5.74, 6) is 0.278. The second-order valence-corrected chi connectivity index (χ2v) is 5.91. The Balaban J connectivity index is 2.25. The zero-order chi connectivity index (χ0) is 12.8. The lowest BCUT2D eigenvalue weighted by molar-refractivity contribution is -0.128. The zero-order valence-corrected chi connectivity index (χ0v) is 12.9. The van der Waals surface area contributed by atoms with Crippen molar-refractivity contribution in [1.29, 1.82) is 0 Å². The molecule has 0 aromatic heterocycles. The number of hydrogen-bond donors (Lipinski definition) is 0. The summed E-state index contributed by atoms with van der Waals surface area (Å²) in [6.45, 7) is 10.9. The van der Waals surface area contributed by atoms with E-state index in [1.165, 1.54) is 6.42 Å². The molecule has 100 valence electrons. The van der Waals surface area contributed by atoms with Gasteiger partial charge in [0.2, 0.25) is 5.91 Å². The summed E-state index contributed by atoms with van der Waals surface area (Å²) in [5.41, 5.74) is 0. The molecule has 2 unspecified atom stereocenters. The van der Waals surface area contributed by atoms with Crippen LogP contribution in [0.5, 0.6) is 0 Å². The van der Waals surface area contributed by atoms with Crippen molar-refractivity contribution in [2.45, 2.75) is 50.9 Å². The Labute approximate surface area is 114 Å². The largest absolute Gasteiger partial charge is 0.339 e. The molecule has 3 nitrogen and oxygen atoms in total. The van der Waals surface area contributed by atoms with Crippen LogP contribution < -0.4 is 0 Å². The summed E-state index contributed by atoms with van der Waals surface area (Å²) in [5, 5.41) is 0. The average Bonchev–Trinajstić information content (AvgIpc) is 2.65. The Bertz CT molecular complexity index is 244. The van der Waals surface area contributed by atoms with Crippen molar-refractivity contribution < 1.29 is 4.79 Å². The SMILES string of the molecule is CCN(CC)CCCC(C)N1CCC(Br)C1=O. The molecule has 4 heteroatoms. The molecule has 1 aliphatic heterocycles. The summed E-state index contributed by atoms with van der Waals surface area (Å²) < 4.78 is 0. The van der Waals surface area contributed by atoms with Crippen molar-refractivity contribution >= 4 is 21.8 Å². The fourth-order valence-electron chi connectivity index (χ4n) is 2.41. The van der Waals surface area contributed by atoms with Gasteiger partial charge in [-0.05, 0) is 45.8 Å². The molecule has 0 aliphatic carbocycles. The van der Waals surface area contributed by atoms with Crippen LogP contribution in [0.2, 0.25) is 0 Å². The summed E-state index contributed by atoms with van der Waals surface area (Å²) in [7, 11) is 0. The third-order valence-corrected chi connectivity index (χ3v) is 4.55. The Kier molecular flexibility index (Phi) is 6.49. The first-order valence-electron chi connectivity index (χ1n) is 6.77. The first kappa shape index (κ1) is 15.0. The number of carbonyl (C=O) groups excluding carboxylic acids is 1. The molecule has 0 aromatic rings. The molecule has 0 N–H and O–H groups in total. The molecule has 1 heterocycles. The molecule has 0 bridgehead atoms. The number of hydrogen-bond acceptors (Lipinski definition) is 2. The molecule has 2 atom stereocenters. The maximum atomic E-state index is 11.8. The van der Waals surface area contributed by atoms with E-state index in [0.29, 0.717) is 6.04 Å². The van der Waals surface area contributed by atoms with Gasteiger partial charge in [0, 0.05) is 12.6 Å². The van der Waals surface area contributed by atoms with E-state index in [9.17, 15) is 4.79 Å². The Morgan fingerprint density at radius 2 is 2.12 bits per heavy atom. The minimum Gasteiger partial charge on any atom is -0.339 e. The zero-order valence-electron chi connectivity index (χ0n) is 11.3. The number of carbonyl (C=O) groups is 1. The third kappa shape index (κ3) is 4.25.